The second-order valence-corrected chi connectivity index (χ2v) is 4.08. The van der Waals surface area contributed by atoms with Gasteiger partial charge in [-0.3, -0.25) is 4.98 Å². The van der Waals surface area contributed by atoms with Crippen LogP contribution in [0.25, 0.3) is 11.1 Å². The van der Waals surface area contributed by atoms with Gasteiger partial charge < -0.3 is 10.5 Å². The van der Waals surface area contributed by atoms with Gasteiger partial charge >= 0.3 is 0 Å². The van der Waals surface area contributed by atoms with Crippen molar-refractivity contribution in [3.05, 3.63) is 47.8 Å². The SMILES string of the molecule is CN.Cc1cc(-c2cccc3c2OCC3)ccn1. The molecule has 0 unspecified atom stereocenters. The highest BCUT2D eigenvalue weighted by atomic mass is 16.5. The van der Waals surface area contributed by atoms with E-state index >= 15 is 0 Å². The van der Waals surface area contributed by atoms with E-state index in [9.17, 15) is 0 Å². The summed E-state index contributed by atoms with van der Waals surface area (Å²) >= 11 is 0. The topological polar surface area (TPSA) is 48.1 Å². The predicted octanol–water partition coefficient (Wildman–Crippen LogP) is 2.57. The number of fused-ring (bicyclic) bond motifs is 1. The van der Waals surface area contributed by atoms with Crippen LogP contribution in [0.4, 0.5) is 0 Å². The summed E-state index contributed by atoms with van der Waals surface area (Å²) in [5.74, 6) is 1.05. The van der Waals surface area contributed by atoms with Crippen LogP contribution in [0.3, 0.4) is 0 Å². The molecule has 0 saturated carbocycles. The van der Waals surface area contributed by atoms with Crippen molar-refractivity contribution in [2.75, 3.05) is 13.7 Å². The Morgan fingerprint density at radius 2 is 2.06 bits per heavy atom. The van der Waals surface area contributed by atoms with Crippen LogP contribution in [-0.2, 0) is 6.42 Å². The smallest absolute Gasteiger partial charge is 0.130 e. The standard InChI is InChI=1S/C14H13NO.CH5N/c1-10-9-12(5-7-15-10)13-4-2-3-11-6-8-16-14(11)13;1-2/h2-5,7,9H,6,8H2,1H3;2H2,1H3. The monoisotopic (exact) mass is 242 g/mol. The minimum Gasteiger partial charge on any atom is -0.492 e. The van der Waals surface area contributed by atoms with Gasteiger partial charge in [0.05, 0.1) is 6.61 Å². The Morgan fingerprint density at radius 1 is 1.22 bits per heavy atom. The minimum absolute atomic E-state index is 0.802. The first-order valence-electron chi connectivity index (χ1n) is 6.10. The van der Waals surface area contributed by atoms with Crippen molar-refractivity contribution in [1.29, 1.82) is 0 Å². The molecule has 1 aliphatic rings. The Balaban J connectivity index is 0.000000574. The van der Waals surface area contributed by atoms with E-state index in [1.807, 2.05) is 19.2 Å². The number of aromatic nitrogens is 1. The average molecular weight is 242 g/mol. The van der Waals surface area contributed by atoms with Crippen molar-refractivity contribution < 1.29 is 4.74 Å². The van der Waals surface area contributed by atoms with Gasteiger partial charge in [0.2, 0.25) is 0 Å². The summed E-state index contributed by atoms with van der Waals surface area (Å²) in [4.78, 5) is 4.22. The molecule has 0 radical (unpaired) electrons. The van der Waals surface area contributed by atoms with Crippen LogP contribution < -0.4 is 10.5 Å². The number of benzene rings is 1. The molecule has 1 aromatic carbocycles. The number of rotatable bonds is 1. The van der Waals surface area contributed by atoms with Crippen LogP contribution in [-0.4, -0.2) is 18.6 Å². The second-order valence-electron chi connectivity index (χ2n) is 4.08. The summed E-state index contributed by atoms with van der Waals surface area (Å²) in [6.45, 7) is 2.81. The molecule has 1 aliphatic heterocycles. The molecule has 0 atom stereocenters. The first kappa shape index (κ1) is 12.6. The number of nitrogens with two attached hydrogens (primary N) is 1. The molecule has 18 heavy (non-hydrogen) atoms. The molecule has 94 valence electrons. The van der Waals surface area contributed by atoms with E-state index in [-0.39, 0.29) is 0 Å². The van der Waals surface area contributed by atoms with E-state index in [2.05, 4.69) is 35.0 Å². The van der Waals surface area contributed by atoms with Gasteiger partial charge in [0.25, 0.3) is 0 Å². The molecule has 3 rings (SSSR count). The van der Waals surface area contributed by atoms with Gasteiger partial charge in [0.1, 0.15) is 5.75 Å². The third-order valence-corrected chi connectivity index (χ3v) is 2.92. The first-order chi connectivity index (χ1) is 8.84. The second kappa shape index (κ2) is 5.65. The molecule has 0 fully saturated rings. The van der Waals surface area contributed by atoms with Crippen molar-refractivity contribution in [2.24, 2.45) is 5.73 Å². The quantitative estimate of drug-likeness (QED) is 0.836. The zero-order valence-electron chi connectivity index (χ0n) is 10.8. The third kappa shape index (κ3) is 2.36. The summed E-state index contributed by atoms with van der Waals surface area (Å²) in [6, 6.07) is 10.5. The Bertz CT molecular complexity index is 538. The van der Waals surface area contributed by atoms with Crippen molar-refractivity contribution in [3.63, 3.8) is 0 Å². The Labute approximate surface area is 108 Å². The fourth-order valence-corrected chi connectivity index (χ4v) is 2.16. The highest BCUT2D eigenvalue weighted by molar-refractivity contribution is 5.72. The zero-order valence-corrected chi connectivity index (χ0v) is 10.8. The highest BCUT2D eigenvalue weighted by Crippen LogP contribution is 2.36. The van der Waals surface area contributed by atoms with Gasteiger partial charge in [0, 0.05) is 23.9 Å². The Morgan fingerprint density at radius 3 is 2.83 bits per heavy atom. The molecule has 2 aromatic rings. The van der Waals surface area contributed by atoms with E-state index in [0.717, 1.165) is 24.5 Å². The van der Waals surface area contributed by atoms with E-state index < -0.39 is 0 Å². The maximum atomic E-state index is 5.70. The number of ether oxygens (including phenoxy) is 1. The number of pyridine rings is 1. The number of nitrogens with zero attached hydrogens (tertiary/aromatic N) is 1. The number of hydrogen-bond acceptors (Lipinski definition) is 3. The van der Waals surface area contributed by atoms with Gasteiger partial charge in [-0.2, -0.15) is 0 Å². The molecule has 0 amide bonds. The summed E-state index contributed by atoms with van der Waals surface area (Å²) < 4.78 is 5.70. The lowest BCUT2D eigenvalue weighted by Gasteiger charge is -2.08. The Hall–Kier alpha value is -1.87. The number of para-hydroxylation sites is 1. The lowest BCUT2D eigenvalue weighted by molar-refractivity contribution is 0.358. The largest absolute Gasteiger partial charge is 0.492 e. The molecule has 3 heteroatoms. The summed E-state index contributed by atoms with van der Waals surface area (Å²) in [7, 11) is 1.50. The molecule has 2 heterocycles. The van der Waals surface area contributed by atoms with E-state index in [0.29, 0.717) is 0 Å². The van der Waals surface area contributed by atoms with Crippen LogP contribution >= 0.6 is 0 Å². The predicted molar refractivity (Wildman–Crippen MR) is 73.7 cm³/mol. The molecule has 2 N–H and O–H groups in total. The van der Waals surface area contributed by atoms with Gasteiger partial charge in [0.15, 0.2) is 0 Å². The van der Waals surface area contributed by atoms with Crippen LogP contribution in [0.1, 0.15) is 11.3 Å². The van der Waals surface area contributed by atoms with E-state index in [4.69, 9.17) is 4.74 Å². The molecule has 0 saturated heterocycles. The lowest BCUT2D eigenvalue weighted by Crippen LogP contribution is -1.89. The van der Waals surface area contributed by atoms with Gasteiger partial charge in [-0.05, 0) is 37.2 Å². The van der Waals surface area contributed by atoms with Crippen LogP contribution in [0.5, 0.6) is 5.75 Å². The van der Waals surface area contributed by atoms with E-state index in [1.54, 1.807) is 0 Å². The van der Waals surface area contributed by atoms with Gasteiger partial charge in [-0.15, -0.1) is 0 Å². The molecule has 3 nitrogen and oxygen atoms in total. The van der Waals surface area contributed by atoms with Crippen molar-refractivity contribution in [1.82, 2.24) is 4.98 Å². The normalized spacial score (nSPS) is 12.2. The number of hydrogen-bond donors (Lipinski definition) is 1. The fraction of sp³-hybridized carbons (Fsp3) is 0.267. The third-order valence-electron chi connectivity index (χ3n) is 2.92. The Kier molecular flexibility index (Phi) is 3.95. The van der Waals surface area contributed by atoms with Crippen LogP contribution in [0.2, 0.25) is 0 Å². The lowest BCUT2D eigenvalue weighted by atomic mass is 10.0. The van der Waals surface area contributed by atoms with Gasteiger partial charge in [-0.25, -0.2) is 0 Å². The maximum absolute atomic E-state index is 5.70. The van der Waals surface area contributed by atoms with Crippen molar-refractivity contribution in [3.8, 4) is 16.9 Å². The van der Waals surface area contributed by atoms with Gasteiger partial charge in [-0.1, -0.05) is 18.2 Å². The summed E-state index contributed by atoms with van der Waals surface area (Å²) in [6.07, 6.45) is 2.87. The molecule has 1 aromatic heterocycles. The first-order valence-corrected chi connectivity index (χ1v) is 6.10. The molecule has 0 spiro atoms. The van der Waals surface area contributed by atoms with Crippen molar-refractivity contribution in [2.45, 2.75) is 13.3 Å². The van der Waals surface area contributed by atoms with E-state index in [1.165, 1.54) is 23.7 Å². The maximum Gasteiger partial charge on any atom is 0.130 e. The molecule has 0 aliphatic carbocycles. The zero-order chi connectivity index (χ0) is 13.0. The van der Waals surface area contributed by atoms with Crippen LogP contribution in [0, 0.1) is 6.92 Å². The summed E-state index contributed by atoms with van der Waals surface area (Å²) in [5.41, 5.74) is 9.21. The minimum atomic E-state index is 0.802. The number of aryl methyl sites for hydroxylation is 1. The van der Waals surface area contributed by atoms with Crippen molar-refractivity contribution >= 4 is 0 Å². The summed E-state index contributed by atoms with van der Waals surface area (Å²) in [5, 5.41) is 0. The highest BCUT2D eigenvalue weighted by Gasteiger charge is 2.16. The fourth-order valence-electron chi connectivity index (χ4n) is 2.16. The van der Waals surface area contributed by atoms with Crippen LogP contribution in [0.15, 0.2) is 36.5 Å². The molecule has 0 bridgehead atoms. The average Bonchev–Trinajstić information content (AvgIpc) is 2.89. The molecular formula is C15H18N2O. The molecular weight excluding hydrogens is 224 g/mol.